The van der Waals surface area contributed by atoms with E-state index in [1.165, 1.54) is 0 Å². The zero-order chi connectivity index (χ0) is 8.53. The number of hydrogen-bond acceptors (Lipinski definition) is 0. The maximum absolute atomic E-state index is 12.7. The van der Waals surface area contributed by atoms with Gasteiger partial charge in [0.1, 0.15) is 6.17 Å². The number of alkyl halides is 2. The van der Waals surface area contributed by atoms with E-state index >= 15 is 0 Å². The van der Waals surface area contributed by atoms with Gasteiger partial charge in [-0.2, -0.15) is 0 Å². The van der Waals surface area contributed by atoms with Crippen LogP contribution in [0.2, 0.25) is 0 Å². The second kappa shape index (κ2) is 7.96. The molecule has 68 valence electrons. The fourth-order valence-electron chi connectivity index (χ4n) is 1.09. The summed E-state index contributed by atoms with van der Waals surface area (Å²) in [5, 5.41) is 0. The predicted molar refractivity (Wildman–Crippen MR) is 44.2 cm³/mol. The van der Waals surface area contributed by atoms with Crippen molar-refractivity contribution < 1.29 is 8.78 Å². The fourth-order valence-corrected chi connectivity index (χ4v) is 1.09. The molecule has 0 saturated heterocycles. The summed E-state index contributed by atoms with van der Waals surface area (Å²) in [6.45, 7) is 1.72. The molecule has 0 fully saturated rings. The largest absolute Gasteiger partial charge is 0.251 e. The minimum Gasteiger partial charge on any atom is -0.251 e. The molecule has 0 aromatic heterocycles. The Balaban J connectivity index is 2.97. The zero-order valence-electron chi connectivity index (χ0n) is 7.28. The highest BCUT2D eigenvalue weighted by Crippen LogP contribution is 2.11. The quantitative estimate of drug-likeness (QED) is 0.504. The summed E-state index contributed by atoms with van der Waals surface area (Å²) in [4.78, 5) is 0. The first kappa shape index (κ1) is 10.9. The van der Waals surface area contributed by atoms with Crippen LogP contribution in [-0.2, 0) is 0 Å². The first-order valence-corrected chi connectivity index (χ1v) is 4.51. The van der Waals surface area contributed by atoms with Crippen molar-refractivity contribution in [2.45, 2.75) is 51.6 Å². The Bertz CT molecular complexity index is 74.0. The highest BCUT2D eigenvalue weighted by atomic mass is 19.1. The lowest BCUT2D eigenvalue weighted by Gasteiger charge is -2.04. The lowest BCUT2D eigenvalue weighted by molar-refractivity contribution is 0.284. The van der Waals surface area contributed by atoms with Gasteiger partial charge < -0.3 is 0 Å². The second-order valence-corrected chi connectivity index (χ2v) is 2.92. The van der Waals surface area contributed by atoms with E-state index in [1.54, 1.807) is 0 Å². The summed E-state index contributed by atoms with van der Waals surface area (Å²) in [6.07, 6.45) is 3.80. The van der Waals surface area contributed by atoms with Gasteiger partial charge in [-0.05, 0) is 19.3 Å². The van der Waals surface area contributed by atoms with Crippen molar-refractivity contribution in [3.8, 4) is 0 Å². The Morgan fingerprint density at radius 3 is 2.36 bits per heavy atom. The SMILES string of the molecule is CCCC(F)CCCCCF. The Morgan fingerprint density at radius 2 is 1.82 bits per heavy atom. The molecule has 0 aliphatic heterocycles. The van der Waals surface area contributed by atoms with E-state index < -0.39 is 6.17 Å². The molecule has 0 heterocycles. The first-order valence-electron chi connectivity index (χ1n) is 4.51. The summed E-state index contributed by atoms with van der Waals surface area (Å²) in [5.74, 6) is 0. The van der Waals surface area contributed by atoms with Crippen molar-refractivity contribution in [1.82, 2.24) is 0 Å². The molecular weight excluding hydrogens is 146 g/mol. The van der Waals surface area contributed by atoms with Crippen LogP contribution in [-0.4, -0.2) is 12.8 Å². The number of halogens is 2. The molecule has 0 radical (unpaired) electrons. The maximum atomic E-state index is 12.7. The molecule has 0 N–H and O–H groups in total. The van der Waals surface area contributed by atoms with Crippen molar-refractivity contribution in [3.63, 3.8) is 0 Å². The lowest BCUT2D eigenvalue weighted by Crippen LogP contribution is -1.98. The van der Waals surface area contributed by atoms with Crippen molar-refractivity contribution in [3.05, 3.63) is 0 Å². The van der Waals surface area contributed by atoms with Gasteiger partial charge in [0.25, 0.3) is 0 Å². The Morgan fingerprint density at radius 1 is 1.09 bits per heavy atom. The second-order valence-electron chi connectivity index (χ2n) is 2.92. The third kappa shape index (κ3) is 7.76. The Labute approximate surface area is 68.0 Å². The van der Waals surface area contributed by atoms with Crippen LogP contribution in [0.3, 0.4) is 0 Å². The van der Waals surface area contributed by atoms with Crippen molar-refractivity contribution in [2.75, 3.05) is 6.67 Å². The average Bonchev–Trinajstić information content (AvgIpc) is 1.99. The monoisotopic (exact) mass is 164 g/mol. The van der Waals surface area contributed by atoms with Gasteiger partial charge in [-0.25, -0.2) is 4.39 Å². The number of unbranched alkanes of at least 4 members (excludes halogenated alkanes) is 2. The van der Waals surface area contributed by atoms with Crippen LogP contribution >= 0.6 is 0 Å². The minimum atomic E-state index is -0.653. The van der Waals surface area contributed by atoms with Crippen LogP contribution in [0.4, 0.5) is 8.78 Å². The molecule has 0 bridgehead atoms. The molecule has 0 amide bonds. The van der Waals surface area contributed by atoms with E-state index in [-0.39, 0.29) is 6.67 Å². The summed E-state index contributed by atoms with van der Waals surface area (Å²) in [6, 6.07) is 0. The van der Waals surface area contributed by atoms with Crippen molar-refractivity contribution in [1.29, 1.82) is 0 Å². The zero-order valence-corrected chi connectivity index (χ0v) is 7.28. The van der Waals surface area contributed by atoms with E-state index in [1.807, 2.05) is 6.92 Å². The third-order valence-electron chi connectivity index (χ3n) is 1.75. The minimum absolute atomic E-state index is 0.259. The summed E-state index contributed by atoms with van der Waals surface area (Å²) < 4.78 is 24.3. The normalized spacial score (nSPS) is 13.4. The average molecular weight is 164 g/mol. The first-order chi connectivity index (χ1) is 5.31. The molecule has 0 aromatic rings. The van der Waals surface area contributed by atoms with Gasteiger partial charge in [-0.15, -0.1) is 0 Å². The van der Waals surface area contributed by atoms with Crippen LogP contribution in [0.15, 0.2) is 0 Å². The van der Waals surface area contributed by atoms with Crippen LogP contribution in [0.1, 0.15) is 45.4 Å². The molecule has 0 aromatic carbocycles. The van der Waals surface area contributed by atoms with E-state index in [4.69, 9.17) is 0 Å². The van der Waals surface area contributed by atoms with Gasteiger partial charge in [0.15, 0.2) is 0 Å². The van der Waals surface area contributed by atoms with E-state index in [2.05, 4.69) is 0 Å². The van der Waals surface area contributed by atoms with Gasteiger partial charge in [0, 0.05) is 0 Å². The van der Waals surface area contributed by atoms with Gasteiger partial charge in [-0.1, -0.05) is 26.2 Å². The lowest BCUT2D eigenvalue weighted by atomic mass is 10.1. The van der Waals surface area contributed by atoms with Crippen molar-refractivity contribution in [2.24, 2.45) is 0 Å². The number of rotatable bonds is 7. The standard InChI is InChI=1S/C9H18F2/c1-2-6-9(11)7-4-3-5-8-10/h9H,2-8H2,1H3. The molecular formula is C9H18F2. The summed E-state index contributed by atoms with van der Waals surface area (Å²) >= 11 is 0. The van der Waals surface area contributed by atoms with Crippen LogP contribution in [0, 0.1) is 0 Å². The van der Waals surface area contributed by atoms with Crippen molar-refractivity contribution >= 4 is 0 Å². The van der Waals surface area contributed by atoms with Gasteiger partial charge in [0.05, 0.1) is 6.67 Å². The highest BCUT2D eigenvalue weighted by Gasteiger charge is 2.03. The molecule has 0 nitrogen and oxygen atoms in total. The van der Waals surface area contributed by atoms with Crippen LogP contribution < -0.4 is 0 Å². The molecule has 0 aliphatic carbocycles. The molecule has 0 aliphatic rings. The molecule has 0 spiro atoms. The summed E-state index contributed by atoms with van der Waals surface area (Å²) in [5.41, 5.74) is 0. The van der Waals surface area contributed by atoms with Gasteiger partial charge in [0.2, 0.25) is 0 Å². The molecule has 0 saturated carbocycles. The maximum Gasteiger partial charge on any atom is 0.100 e. The third-order valence-corrected chi connectivity index (χ3v) is 1.75. The smallest absolute Gasteiger partial charge is 0.100 e. The predicted octanol–water partition coefficient (Wildman–Crippen LogP) is 3.65. The molecule has 0 rings (SSSR count). The summed E-state index contributed by atoms with van der Waals surface area (Å²) in [7, 11) is 0. The van der Waals surface area contributed by atoms with Crippen LogP contribution in [0.25, 0.3) is 0 Å². The van der Waals surface area contributed by atoms with Gasteiger partial charge >= 0.3 is 0 Å². The molecule has 2 heteroatoms. The topological polar surface area (TPSA) is 0 Å². The Hall–Kier alpha value is -0.140. The van der Waals surface area contributed by atoms with E-state index in [9.17, 15) is 8.78 Å². The fraction of sp³-hybridized carbons (Fsp3) is 1.00. The van der Waals surface area contributed by atoms with Gasteiger partial charge in [-0.3, -0.25) is 4.39 Å². The van der Waals surface area contributed by atoms with E-state index in [0.717, 1.165) is 19.3 Å². The highest BCUT2D eigenvalue weighted by molar-refractivity contribution is 4.55. The van der Waals surface area contributed by atoms with Crippen LogP contribution in [0.5, 0.6) is 0 Å². The number of hydrogen-bond donors (Lipinski definition) is 0. The van der Waals surface area contributed by atoms with E-state index in [0.29, 0.717) is 19.3 Å². The molecule has 1 atom stereocenters. The molecule has 1 unspecified atom stereocenters. The Kier molecular flexibility index (Phi) is 7.86. The molecule has 11 heavy (non-hydrogen) atoms.